The molecule has 4 rings (SSSR count). The quantitative estimate of drug-likeness (QED) is 0.710. The van der Waals surface area contributed by atoms with Gasteiger partial charge in [0.1, 0.15) is 0 Å². The minimum atomic E-state index is 1.12. The third-order valence-electron chi connectivity index (χ3n) is 3.37. The third-order valence-corrected chi connectivity index (χ3v) is 3.37. The fraction of sp³-hybridized carbons (Fsp3) is 0.0526. The summed E-state index contributed by atoms with van der Waals surface area (Å²) in [6.07, 6.45) is 13.5. The van der Waals surface area contributed by atoms with Crippen molar-refractivity contribution in [1.82, 2.24) is 0 Å². The zero-order chi connectivity index (χ0) is 13.6. The second-order valence-corrected chi connectivity index (χ2v) is 4.76. The van der Waals surface area contributed by atoms with E-state index >= 15 is 0 Å². The number of benzene rings is 2. The predicted octanol–water partition coefficient (Wildman–Crippen LogP) is 4.89. The average Bonchev–Trinajstić information content (AvgIpc) is 2.85. The molecule has 0 fully saturated rings. The molecular weight excluding hydrogens is 242 g/mol. The van der Waals surface area contributed by atoms with Crippen molar-refractivity contribution < 1.29 is 0 Å². The fourth-order valence-electron chi connectivity index (χ4n) is 2.32. The minimum absolute atomic E-state index is 1.12. The van der Waals surface area contributed by atoms with E-state index in [2.05, 4.69) is 59.9 Å². The Morgan fingerprint density at radius 3 is 2.45 bits per heavy atom. The zero-order valence-electron chi connectivity index (χ0n) is 11.3. The minimum Gasteiger partial charge on any atom is -0.361 e. The number of allylic oxidation sites excluding steroid dienone is 3. The number of anilines is 1. The maximum absolute atomic E-state index is 3.18. The zero-order valence-corrected chi connectivity index (χ0v) is 11.3. The van der Waals surface area contributed by atoms with Crippen LogP contribution in [0.15, 0.2) is 73.0 Å². The lowest BCUT2D eigenvalue weighted by Gasteiger charge is -2.01. The molecule has 98 valence electrons. The van der Waals surface area contributed by atoms with Crippen molar-refractivity contribution in [1.29, 1.82) is 0 Å². The Balaban J connectivity index is 0.000000123. The highest BCUT2D eigenvalue weighted by Crippen LogP contribution is 2.18. The molecule has 1 aliphatic heterocycles. The Morgan fingerprint density at radius 2 is 1.55 bits per heavy atom. The molecule has 2 aromatic carbocycles. The van der Waals surface area contributed by atoms with Crippen LogP contribution >= 0.6 is 0 Å². The third kappa shape index (κ3) is 2.89. The highest BCUT2D eigenvalue weighted by molar-refractivity contribution is 5.69. The van der Waals surface area contributed by atoms with Crippen LogP contribution in [0.1, 0.15) is 16.7 Å². The van der Waals surface area contributed by atoms with Crippen molar-refractivity contribution in [3.63, 3.8) is 0 Å². The summed E-state index contributed by atoms with van der Waals surface area (Å²) in [6, 6.07) is 16.7. The largest absolute Gasteiger partial charge is 0.361 e. The molecule has 1 N–H and O–H groups in total. The molecular formula is C19H17N. The van der Waals surface area contributed by atoms with E-state index in [-0.39, 0.29) is 0 Å². The van der Waals surface area contributed by atoms with Crippen LogP contribution < -0.4 is 5.32 Å². The van der Waals surface area contributed by atoms with E-state index in [1.807, 2.05) is 30.5 Å². The van der Waals surface area contributed by atoms with E-state index in [9.17, 15) is 0 Å². The number of fused-ring (bicyclic) bond motifs is 2. The van der Waals surface area contributed by atoms with Gasteiger partial charge in [-0.2, -0.15) is 0 Å². The van der Waals surface area contributed by atoms with Crippen molar-refractivity contribution in [2.24, 2.45) is 0 Å². The van der Waals surface area contributed by atoms with Crippen molar-refractivity contribution in [2.75, 3.05) is 5.32 Å². The van der Waals surface area contributed by atoms with Crippen LogP contribution in [-0.4, -0.2) is 0 Å². The molecule has 20 heavy (non-hydrogen) atoms. The van der Waals surface area contributed by atoms with E-state index in [1.165, 1.54) is 16.7 Å². The number of para-hydroxylation sites is 1. The number of hydrogen-bond donors (Lipinski definition) is 1. The lowest BCUT2D eigenvalue weighted by Crippen LogP contribution is -1.87. The van der Waals surface area contributed by atoms with Crippen LogP contribution in [0.2, 0.25) is 0 Å². The van der Waals surface area contributed by atoms with Gasteiger partial charge in [-0.15, -0.1) is 0 Å². The lowest BCUT2D eigenvalue weighted by molar-refractivity contribution is 1.31. The Morgan fingerprint density at radius 1 is 0.750 bits per heavy atom. The van der Waals surface area contributed by atoms with Crippen LogP contribution in [0.25, 0.3) is 12.2 Å². The molecule has 2 aliphatic rings. The summed E-state index contributed by atoms with van der Waals surface area (Å²) in [7, 11) is 0. The number of hydrogen-bond acceptors (Lipinski definition) is 1. The smallest absolute Gasteiger partial charge is 0.0453 e. The predicted molar refractivity (Wildman–Crippen MR) is 87.4 cm³/mol. The molecule has 0 atom stereocenters. The summed E-state index contributed by atoms with van der Waals surface area (Å²) >= 11 is 0. The average molecular weight is 259 g/mol. The van der Waals surface area contributed by atoms with Crippen LogP contribution in [0.4, 0.5) is 5.69 Å². The molecule has 2 aromatic rings. The molecule has 0 saturated carbocycles. The summed E-state index contributed by atoms with van der Waals surface area (Å²) in [5, 5.41) is 3.18. The van der Waals surface area contributed by atoms with E-state index < -0.39 is 0 Å². The van der Waals surface area contributed by atoms with Crippen LogP contribution in [-0.2, 0) is 6.42 Å². The van der Waals surface area contributed by atoms with E-state index in [4.69, 9.17) is 0 Å². The van der Waals surface area contributed by atoms with Crippen molar-refractivity contribution in [3.05, 3.63) is 89.6 Å². The van der Waals surface area contributed by atoms with Gasteiger partial charge in [-0.05, 0) is 35.3 Å². The van der Waals surface area contributed by atoms with Gasteiger partial charge in [0, 0.05) is 11.9 Å². The Bertz CT molecular complexity index is 678. The molecule has 0 radical (unpaired) electrons. The highest BCUT2D eigenvalue weighted by atomic mass is 14.8. The monoisotopic (exact) mass is 259 g/mol. The molecule has 0 amide bonds. The van der Waals surface area contributed by atoms with Gasteiger partial charge in [-0.1, -0.05) is 66.8 Å². The maximum Gasteiger partial charge on any atom is 0.0453 e. The number of rotatable bonds is 0. The Kier molecular flexibility index (Phi) is 3.79. The van der Waals surface area contributed by atoms with Crippen molar-refractivity contribution in [3.8, 4) is 0 Å². The molecule has 1 aliphatic carbocycles. The van der Waals surface area contributed by atoms with Gasteiger partial charge < -0.3 is 5.32 Å². The topological polar surface area (TPSA) is 12.0 Å². The molecule has 0 bridgehead atoms. The standard InChI is InChI=1S/C10H9N.C9H8/c1-2-7-10-9(5-1)6-3-4-8-11-10;1-2-5-9-7-3-6-8(9)4-1/h1-8,11H;1-6H,7H2. The Labute approximate surface area is 120 Å². The Hall–Kier alpha value is -2.54. The first-order chi connectivity index (χ1) is 9.93. The summed E-state index contributed by atoms with van der Waals surface area (Å²) in [6.45, 7) is 0. The molecule has 0 spiro atoms. The molecule has 0 aromatic heterocycles. The van der Waals surface area contributed by atoms with Gasteiger partial charge >= 0.3 is 0 Å². The molecule has 1 heterocycles. The van der Waals surface area contributed by atoms with Crippen LogP contribution in [0, 0.1) is 0 Å². The first-order valence-electron chi connectivity index (χ1n) is 6.87. The van der Waals surface area contributed by atoms with Gasteiger partial charge in [0.25, 0.3) is 0 Å². The van der Waals surface area contributed by atoms with Gasteiger partial charge in [-0.25, -0.2) is 0 Å². The van der Waals surface area contributed by atoms with Crippen LogP contribution in [0.5, 0.6) is 0 Å². The van der Waals surface area contributed by atoms with E-state index in [0.717, 1.165) is 12.1 Å². The SMILES string of the molecule is C1=CNc2ccccc2C=C1.C1=Cc2ccccc2C1. The molecule has 0 saturated heterocycles. The fourth-order valence-corrected chi connectivity index (χ4v) is 2.32. The first-order valence-corrected chi connectivity index (χ1v) is 6.87. The van der Waals surface area contributed by atoms with E-state index in [1.54, 1.807) is 0 Å². The number of nitrogens with one attached hydrogen (secondary N) is 1. The molecule has 1 heteroatoms. The molecule has 0 unspecified atom stereocenters. The van der Waals surface area contributed by atoms with Crippen molar-refractivity contribution >= 4 is 17.8 Å². The highest BCUT2D eigenvalue weighted by Gasteiger charge is 2.00. The maximum atomic E-state index is 3.18. The lowest BCUT2D eigenvalue weighted by atomic mass is 10.1. The van der Waals surface area contributed by atoms with E-state index in [0.29, 0.717) is 0 Å². The summed E-state index contributed by atoms with van der Waals surface area (Å²) in [5.74, 6) is 0. The van der Waals surface area contributed by atoms with Gasteiger partial charge in [-0.3, -0.25) is 0 Å². The molecule has 1 nitrogen and oxygen atoms in total. The summed E-state index contributed by atoms with van der Waals surface area (Å²) < 4.78 is 0. The summed E-state index contributed by atoms with van der Waals surface area (Å²) in [4.78, 5) is 0. The normalized spacial score (nSPS) is 13.6. The van der Waals surface area contributed by atoms with Crippen LogP contribution in [0.3, 0.4) is 0 Å². The second-order valence-electron chi connectivity index (χ2n) is 4.76. The van der Waals surface area contributed by atoms with Crippen molar-refractivity contribution in [2.45, 2.75) is 6.42 Å². The first kappa shape index (κ1) is 12.5. The summed E-state index contributed by atoms with van der Waals surface area (Å²) in [5.41, 5.74) is 5.24. The van der Waals surface area contributed by atoms with Gasteiger partial charge in [0.05, 0.1) is 0 Å². The van der Waals surface area contributed by atoms with Gasteiger partial charge in [0.2, 0.25) is 0 Å². The second kappa shape index (κ2) is 6.07. The van der Waals surface area contributed by atoms with Gasteiger partial charge in [0.15, 0.2) is 0 Å².